The van der Waals surface area contributed by atoms with E-state index in [0.29, 0.717) is 6.54 Å². The van der Waals surface area contributed by atoms with Crippen molar-refractivity contribution < 1.29 is 4.79 Å². The van der Waals surface area contributed by atoms with E-state index in [4.69, 9.17) is 5.73 Å². The Morgan fingerprint density at radius 1 is 1.32 bits per heavy atom. The van der Waals surface area contributed by atoms with E-state index in [0.717, 1.165) is 45.2 Å². The molecule has 1 aliphatic carbocycles. The second-order valence-corrected chi connectivity index (χ2v) is 8.77. The molecular weight excluding hydrogens is 310 g/mol. The van der Waals surface area contributed by atoms with Crippen molar-refractivity contribution in [2.45, 2.75) is 70.5 Å². The van der Waals surface area contributed by atoms with Crippen LogP contribution in [0.25, 0.3) is 0 Å². The SMILES string of the molecule is CC1(N)CCCCC1C(=O)NCC(C)(C)N1CCc2ccccc2C1. The maximum atomic E-state index is 12.7. The summed E-state index contributed by atoms with van der Waals surface area (Å²) in [4.78, 5) is 15.2. The Hall–Kier alpha value is -1.39. The predicted molar refractivity (Wildman–Crippen MR) is 102 cm³/mol. The molecule has 0 saturated heterocycles. The largest absolute Gasteiger partial charge is 0.354 e. The molecule has 1 aromatic rings. The molecule has 2 unspecified atom stereocenters. The number of carbonyl (C=O) groups is 1. The molecule has 4 nitrogen and oxygen atoms in total. The van der Waals surface area contributed by atoms with Crippen molar-refractivity contribution >= 4 is 5.91 Å². The minimum Gasteiger partial charge on any atom is -0.354 e. The number of hydrogen-bond donors (Lipinski definition) is 2. The standard InChI is InChI=1S/C21H33N3O/c1-20(2,24-13-11-16-8-4-5-9-17(16)14-24)15-23-19(25)18-10-6-7-12-21(18,3)22/h4-5,8-9,18H,6-7,10-15,22H2,1-3H3,(H,23,25). The average molecular weight is 344 g/mol. The molecule has 1 heterocycles. The number of nitrogens with two attached hydrogens (primary N) is 1. The molecule has 1 aromatic carbocycles. The van der Waals surface area contributed by atoms with Gasteiger partial charge in [0.1, 0.15) is 0 Å². The van der Waals surface area contributed by atoms with Crippen LogP contribution in [0.4, 0.5) is 0 Å². The summed E-state index contributed by atoms with van der Waals surface area (Å²) in [7, 11) is 0. The quantitative estimate of drug-likeness (QED) is 0.884. The molecule has 4 heteroatoms. The fraction of sp³-hybridized carbons (Fsp3) is 0.667. The van der Waals surface area contributed by atoms with Crippen molar-refractivity contribution in [1.82, 2.24) is 10.2 Å². The number of fused-ring (bicyclic) bond motifs is 1. The van der Waals surface area contributed by atoms with Gasteiger partial charge in [0, 0.05) is 30.7 Å². The molecule has 3 N–H and O–H groups in total. The van der Waals surface area contributed by atoms with E-state index in [1.807, 2.05) is 6.92 Å². The van der Waals surface area contributed by atoms with Gasteiger partial charge in [-0.3, -0.25) is 9.69 Å². The highest BCUT2D eigenvalue weighted by molar-refractivity contribution is 5.80. The number of benzene rings is 1. The Labute approximate surface area is 152 Å². The number of nitrogens with zero attached hydrogens (tertiary/aromatic N) is 1. The normalized spacial score (nSPS) is 27.6. The predicted octanol–water partition coefficient (Wildman–Crippen LogP) is 2.85. The minimum atomic E-state index is -0.365. The number of amides is 1. The van der Waals surface area contributed by atoms with Crippen molar-refractivity contribution in [3.63, 3.8) is 0 Å². The smallest absolute Gasteiger partial charge is 0.225 e. The maximum absolute atomic E-state index is 12.7. The molecule has 0 spiro atoms. The van der Waals surface area contributed by atoms with Crippen molar-refractivity contribution in [1.29, 1.82) is 0 Å². The molecule has 25 heavy (non-hydrogen) atoms. The van der Waals surface area contributed by atoms with Gasteiger partial charge in [-0.2, -0.15) is 0 Å². The first-order chi connectivity index (χ1) is 11.8. The summed E-state index contributed by atoms with van der Waals surface area (Å²) in [5.74, 6) is 0.0781. The minimum absolute atomic E-state index is 0.0564. The molecule has 138 valence electrons. The summed E-state index contributed by atoms with van der Waals surface area (Å²) in [6, 6.07) is 8.68. The first-order valence-corrected chi connectivity index (χ1v) is 9.68. The monoisotopic (exact) mass is 343 g/mol. The van der Waals surface area contributed by atoms with Crippen molar-refractivity contribution in [3.05, 3.63) is 35.4 Å². The van der Waals surface area contributed by atoms with Gasteiger partial charge in [0.15, 0.2) is 0 Å². The molecule has 1 fully saturated rings. The molecule has 1 saturated carbocycles. The third kappa shape index (κ3) is 4.06. The highest BCUT2D eigenvalue weighted by atomic mass is 16.2. The summed E-state index contributed by atoms with van der Waals surface area (Å²) in [5, 5.41) is 3.21. The lowest BCUT2D eigenvalue weighted by Gasteiger charge is -2.43. The van der Waals surface area contributed by atoms with E-state index in [-0.39, 0.29) is 22.9 Å². The van der Waals surface area contributed by atoms with Gasteiger partial charge < -0.3 is 11.1 Å². The lowest BCUT2D eigenvalue weighted by molar-refractivity contribution is -0.128. The summed E-state index contributed by atoms with van der Waals surface area (Å²) >= 11 is 0. The molecule has 2 atom stereocenters. The van der Waals surface area contributed by atoms with Crippen LogP contribution in [0, 0.1) is 5.92 Å². The fourth-order valence-electron chi connectivity index (χ4n) is 4.34. The zero-order valence-electron chi connectivity index (χ0n) is 16.0. The highest BCUT2D eigenvalue weighted by Crippen LogP contribution is 2.32. The molecule has 3 rings (SSSR count). The number of rotatable bonds is 4. The zero-order chi connectivity index (χ0) is 18.1. The maximum Gasteiger partial charge on any atom is 0.225 e. The number of nitrogens with one attached hydrogen (secondary N) is 1. The molecular formula is C21H33N3O. The van der Waals surface area contributed by atoms with E-state index in [2.05, 4.69) is 48.3 Å². The summed E-state index contributed by atoms with van der Waals surface area (Å²) < 4.78 is 0. The second-order valence-electron chi connectivity index (χ2n) is 8.77. The van der Waals surface area contributed by atoms with Crippen LogP contribution in [-0.2, 0) is 17.8 Å². The topological polar surface area (TPSA) is 58.4 Å². The van der Waals surface area contributed by atoms with E-state index < -0.39 is 0 Å². The van der Waals surface area contributed by atoms with Gasteiger partial charge in [-0.05, 0) is 51.2 Å². The Morgan fingerprint density at radius 3 is 2.76 bits per heavy atom. The Morgan fingerprint density at radius 2 is 2.04 bits per heavy atom. The summed E-state index contributed by atoms with van der Waals surface area (Å²) in [6.07, 6.45) is 5.18. The molecule has 1 amide bonds. The molecule has 0 bridgehead atoms. The Balaban J connectivity index is 1.59. The van der Waals surface area contributed by atoms with Crippen LogP contribution in [0.15, 0.2) is 24.3 Å². The van der Waals surface area contributed by atoms with Crippen LogP contribution in [0.3, 0.4) is 0 Å². The van der Waals surface area contributed by atoms with E-state index >= 15 is 0 Å². The molecule has 0 aromatic heterocycles. The van der Waals surface area contributed by atoms with E-state index in [9.17, 15) is 4.79 Å². The van der Waals surface area contributed by atoms with Crippen molar-refractivity contribution in [3.8, 4) is 0 Å². The van der Waals surface area contributed by atoms with Crippen LogP contribution in [-0.4, -0.2) is 35.0 Å². The Bertz CT molecular complexity index is 623. The van der Waals surface area contributed by atoms with Gasteiger partial charge in [-0.15, -0.1) is 0 Å². The van der Waals surface area contributed by atoms with Crippen LogP contribution in [0.5, 0.6) is 0 Å². The number of hydrogen-bond acceptors (Lipinski definition) is 3. The van der Waals surface area contributed by atoms with Gasteiger partial charge in [-0.1, -0.05) is 37.1 Å². The second kappa shape index (κ2) is 7.08. The zero-order valence-corrected chi connectivity index (χ0v) is 16.0. The first-order valence-electron chi connectivity index (χ1n) is 9.68. The fourth-order valence-corrected chi connectivity index (χ4v) is 4.34. The lowest BCUT2D eigenvalue weighted by atomic mass is 9.74. The van der Waals surface area contributed by atoms with Gasteiger partial charge in [0.25, 0.3) is 0 Å². The van der Waals surface area contributed by atoms with Crippen LogP contribution < -0.4 is 11.1 Å². The summed E-state index contributed by atoms with van der Waals surface area (Å²) in [5.41, 5.74) is 8.83. The highest BCUT2D eigenvalue weighted by Gasteiger charge is 2.38. The molecule has 2 aliphatic rings. The van der Waals surface area contributed by atoms with E-state index in [1.54, 1.807) is 0 Å². The van der Waals surface area contributed by atoms with Crippen molar-refractivity contribution in [2.24, 2.45) is 11.7 Å². The van der Waals surface area contributed by atoms with E-state index in [1.165, 1.54) is 11.1 Å². The Kier molecular flexibility index (Phi) is 5.21. The van der Waals surface area contributed by atoms with Crippen LogP contribution in [0.1, 0.15) is 57.6 Å². The molecule has 0 radical (unpaired) electrons. The number of carbonyl (C=O) groups excluding carboxylic acids is 1. The van der Waals surface area contributed by atoms with Gasteiger partial charge in [0.05, 0.1) is 5.92 Å². The van der Waals surface area contributed by atoms with Crippen molar-refractivity contribution in [2.75, 3.05) is 13.1 Å². The van der Waals surface area contributed by atoms with Crippen LogP contribution in [0.2, 0.25) is 0 Å². The third-order valence-electron chi connectivity index (χ3n) is 6.25. The first kappa shape index (κ1) is 18.4. The average Bonchev–Trinajstić information content (AvgIpc) is 2.59. The van der Waals surface area contributed by atoms with Gasteiger partial charge in [0.2, 0.25) is 5.91 Å². The van der Waals surface area contributed by atoms with Crippen LogP contribution >= 0.6 is 0 Å². The van der Waals surface area contributed by atoms with Gasteiger partial charge >= 0.3 is 0 Å². The summed E-state index contributed by atoms with van der Waals surface area (Å²) in [6.45, 7) is 9.14. The van der Waals surface area contributed by atoms with Gasteiger partial charge in [-0.25, -0.2) is 0 Å². The molecule has 1 aliphatic heterocycles. The third-order valence-corrected chi connectivity index (χ3v) is 6.25. The lowest BCUT2D eigenvalue weighted by Crippen LogP contribution is -2.57.